The fraction of sp³-hybridized carbons (Fsp3) is 0. The Labute approximate surface area is 102 Å². The Morgan fingerprint density at radius 3 is 2.44 bits per heavy atom. The van der Waals surface area contributed by atoms with Crippen LogP contribution in [0.1, 0.15) is 20.7 Å². The maximum absolute atomic E-state index is 12.2. The molecule has 0 unspecified atom stereocenters. The first-order valence-corrected chi connectivity index (χ1v) is 5.22. The van der Waals surface area contributed by atoms with E-state index in [0.29, 0.717) is 16.9 Å². The quantitative estimate of drug-likeness (QED) is 0.589. The van der Waals surface area contributed by atoms with E-state index in [-0.39, 0.29) is 5.56 Å². The van der Waals surface area contributed by atoms with E-state index in [2.05, 4.69) is 9.97 Å². The molecule has 0 spiro atoms. The van der Waals surface area contributed by atoms with Crippen molar-refractivity contribution in [3.05, 3.63) is 48.0 Å². The Morgan fingerprint density at radius 2 is 1.78 bits per heavy atom. The number of aromatic nitrogens is 2. The molecule has 0 fully saturated rings. The van der Waals surface area contributed by atoms with Crippen molar-refractivity contribution in [2.45, 2.75) is 0 Å². The largest absolute Gasteiger partial charge is 0.398 e. The summed E-state index contributed by atoms with van der Waals surface area (Å²) in [4.78, 5) is 33.0. The Hall–Kier alpha value is -2.76. The van der Waals surface area contributed by atoms with E-state index in [0.717, 1.165) is 4.90 Å². The van der Waals surface area contributed by atoms with Crippen LogP contribution in [0, 0.1) is 0 Å². The maximum Gasteiger partial charge on any atom is 0.268 e. The van der Waals surface area contributed by atoms with Gasteiger partial charge in [0.2, 0.25) is 0 Å². The molecule has 0 saturated carbocycles. The fourth-order valence-electron chi connectivity index (χ4n) is 1.95. The number of carbonyl (C=O) groups is 2. The van der Waals surface area contributed by atoms with Crippen molar-refractivity contribution in [2.75, 3.05) is 10.6 Å². The zero-order valence-electron chi connectivity index (χ0n) is 9.20. The average Bonchev–Trinajstić information content (AvgIpc) is 2.64. The molecular weight excluding hydrogens is 232 g/mol. The van der Waals surface area contributed by atoms with Crippen LogP contribution < -0.4 is 10.6 Å². The number of nitrogens with two attached hydrogens (primary N) is 1. The smallest absolute Gasteiger partial charge is 0.268 e. The number of rotatable bonds is 1. The lowest BCUT2D eigenvalue weighted by Crippen LogP contribution is -2.29. The summed E-state index contributed by atoms with van der Waals surface area (Å²) in [5.74, 6) is -0.847. The summed E-state index contributed by atoms with van der Waals surface area (Å²) in [6.45, 7) is 0. The number of amides is 2. The molecule has 1 aromatic heterocycles. The van der Waals surface area contributed by atoms with Gasteiger partial charge in [-0.1, -0.05) is 6.07 Å². The van der Waals surface area contributed by atoms with Gasteiger partial charge < -0.3 is 5.73 Å². The molecule has 0 aliphatic carbocycles. The minimum atomic E-state index is -0.442. The normalized spacial score (nSPS) is 13.9. The van der Waals surface area contributed by atoms with Crippen molar-refractivity contribution in [3.63, 3.8) is 0 Å². The molecular formula is C12H8N4O2. The predicted octanol–water partition coefficient (Wildman–Crippen LogP) is 0.859. The van der Waals surface area contributed by atoms with Gasteiger partial charge in [0, 0.05) is 5.69 Å². The summed E-state index contributed by atoms with van der Waals surface area (Å²) < 4.78 is 0. The Kier molecular flexibility index (Phi) is 2.09. The number of hydrogen-bond donors (Lipinski definition) is 1. The molecule has 0 bridgehead atoms. The summed E-state index contributed by atoms with van der Waals surface area (Å²) >= 11 is 0. The van der Waals surface area contributed by atoms with Crippen molar-refractivity contribution in [1.82, 2.24) is 9.97 Å². The standard InChI is InChI=1S/C12H8N4O2/c13-9-3-1-2-8-10(9)12(18)16(11(8)17)7-4-14-6-15-5-7/h1-6H,13H2. The second-order valence-electron chi connectivity index (χ2n) is 3.81. The first kappa shape index (κ1) is 10.4. The monoisotopic (exact) mass is 240 g/mol. The van der Waals surface area contributed by atoms with E-state index in [1.807, 2.05) is 0 Å². The molecule has 2 aromatic rings. The number of fused-ring (bicyclic) bond motifs is 1. The van der Waals surface area contributed by atoms with Crippen LogP contribution in [0.15, 0.2) is 36.9 Å². The number of benzene rings is 1. The highest BCUT2D eigenvalue weighted by Crippen LogP contribution is 2.30. The number of nitrogens with zero attached hydrogens (tertiary/aromatic N) is 3. The van der Waals surface area contributed by atoms with E-state index in [9.17, 15) is 9.59 Å². The molecule has 2 N–H and O–H groups in total. The highest BCUT2D eigenvalue weighted by molar-refractivity contribution is 6.35. The minimum Gasteiger partial charge on any atom is -0.398 e. The number of hydrogen-bond acceptors (Lipinski definition) is 5. The molecule has 2 heterocycles. The van der Waals surface area contributed by atoms with E-state index in [4.69, 9.17) is 5.73 Å². The highest BCUT2D eigenvalue weighted by Gasteiger charge is 2.38. The van der Waals surface area contributed by atoms with Crippen LogP contribution in [0.5, 0.6) is 0 Å². The molecule has 0 atom stereocenters. The third-order valence-electron chi connectivity index (χ3n) is 2.75. The van der Waals surface area contributed by atoms with Gasteiger partial charge in [-0.05, 0) is 12.1 Å². The molecule has 3 rings (SSSR count). The molecule has 1 aromatic carbocycles. The highest BCUT2D eigenvalue weighted by atomic mass is 16.2. The summed E-state index contributed by atoms with van der Waals surface area (Å²) in [6.07, 6.45) is 4.14. The van der Waals surface area contributed by atoms with Gasteiger partial charge in [0.15, 0.2) is 0 Å². The minimum absolute atomic E-state index is 0.242. The second kappa shape index (κ2) is 3.63. The van der Waals surface area contributed by atoms with Crippen molar-refractivity contribution < 1.29 is 9.59 Å². The van der Waals surface area contributed by atoms with Crippen LogP contribution in [0.4, 0.5) is 11.4 Å². The summed E-state index contributed by atoms with van der Waals surface area (Å²) in [5.41, 5.74) is 6.92. The van der Waals surface area contributed by atoms with Crippen molar-refractivity contribution in [2.24, 2.45) is 0 Å². The van der Waals surface area contributed by atoms with Gasteiger partial charge in [-0.2, -0.15) is 0 Å². The third kappa shape index (κ3) is 1.29. The van der Waals surface area contributed by atoms with Gasteiger partial charge >= 0.3 is 0 Å². The summed E-state index contributed by atoms with van der Waals surface area (Å²) in [5, 5.41) is 0. The Bertz CT molecular complexity index is 654. The fourth-order valence-corrected chi connectivity index (χ4v) is 1.95. The number of nitrogen functional groups attached to an aromatic ring is 1. The maximum atomic E-state index is 12.2. The zero-order chi connectivity index (χ0) is 12.7. The lowest BCUT2D eigenvalue weighted by molar-refractivity contribution is 0.0926. The van der Waals surface area contributed by atoms with E-state index in [1.54, 1.807) is 18.2 Å². The molecule has 88 valence electrons. The first-order chi connectivity index (χ1) is 8.70. The lowest BCUT2D eigenvalue weighted by atomic mass is 10.1. The lowest BCUT2D eigenvalue weighted by Gasteiger charge is -2.12. The number of imide groups is 1. The van der Waals surface area contributed by atoms with Gasteiger partial charge in [0.25, 0.3) is 11.8 Å². The van der Waals surface area contributed by atoms with Crippen LogP contribution in [-0.4, -0.2) is 21.8 Å². The molecule has 6 nitrogen and oxygen atoms in total. The number of carbonyl (C=O) groups excluding carboxylic acids is 2. The number of anilines is 2. The summed E-state index contributed by atoms with van der Waals surface area (Å²) in [6, 6.07) is 4.81. The van der Waals surface area contributed by atoms with Crippen molar-refractivity contribution in [1.29, 1.82) is 0 Å². The molecule has 0 radical (unpaired) electrons. The Balaban J connectivity index is 2.17. The van der Waals surface area contributed by atoms with E-state index in [1.165, 1.54) is 18.7 Å². The Morgan fingerprint density at radius 1 is 1.06 bits per heavy atom. The third-order valence-corrected chi connectivity index (χ3v) is 2.75. The zero-order valence-corrected chi connectivity index (χ0v) is 9.20. The molecule has 0 saturated heterocycles. The second-order valence-corrected chi connectivity index (χ2v) is 3.81. The van der Waals surface area contributed by atoms with Crippen LogP contribution in [0.25, 0.3) is 0 Å². The predicted molar refractivity (Wildman–Crippen MR) is 64.0 cm³/mol. The van der Waals surface area contributed by atoms with Gasteiger partial charge in [-0.15, -0.1) is 0 Å². The topological polar surface area (TPSA) is 89.2 Å². The van der Waals surface area contributed by atoms with Crippen LogP contribution in [-0.2, 0) is 0 Å². The van der Waals surface area contributed by atoms with Crippen molar-refractivity contribution in [3.8, 4) is 0 Å². The van der Waals surface area contributed by atoms with Gasteiger partial charge in [0.1, 0.15) is 6.33 Å². The average molecular weight is 240 g/mol. The molecule has 1 aliphatic rings. The molecule has 1 aliphatic heterocycles. The van der Waals surface area contributed by atoms with E-state index >= 15 is 0 Å². The van der Waals surface area contributed by atoms with Gasteiger partial charge in [-0.3, -0.25) is 9.59 Å². The first-order valence-electron chi connectivity index (χ1n) is 5.22. The van der Waals surface area contributed by atoms with Crippen LogP contribution in [0.3, 0.4) is 0 Å². The summed E-state index contributed by atoms with van der Waals surface area (Å²) in [7, 11) is 0. The van der Waals surface area contributed by atoms with Gasteiger partial charge in [-0.25, -0.2) is 14.9 Å². The van der Waals surface area contributed by atoms with E-state index < -0.39 is 11.8 Å². The van der Waals surface area contributed by atoms with Crippen LogP contribution in [0.2, 0.25) is 0 Å². The molecule has 2 amide bonds. The molecule has 18 heavy (non-hydrogen) atoms. The van der Waals surface area contributed by atoms with Gasteiger partial charge in [0.05, 0.1) is 29.2 Å². The van der Waals surface area contributed by atoms with Crippen LogP contribution >= 0.6 is 0 Å². The van der Waals surface area contributed by atoms with Crippen molar-refractivity contribution >= 4 is 23.2 Å². The SMILES string of the molecule is Nc1cccc2c1C(=O)N(c1cncnc1)C2=O. The molecule has 6 heteroatoms.